The molecule has 0 fully saturated rings. The van der Waals surface area contributed by atoms with Crippen LogP contribution in [-0.2, 0) is 11.3 Å². The Kier molecular flexibility index (Phi) is 7.61. The zero-order chi connectivity index (χ0) is 19.8. The number of benzene rings is 2. The number of ether oxygens (including phenoxy) is 1. The third-order valence-electron chi connectivity index (χ3n) is 4.02. The van der Waals surface area contributed by atoms with E-state index in [1.807, 2.05) is 0 Å². The average Bonchev–Trinajstić information content (AvgIpc) is 2.65. The van der Waals surface area contributed by atoms with Crippen molar-refractivity contribution in [1.29, 1.82) is 0 Å². The van der Waals surface area contributed by atoms with Gasteiger partial charge in [-0.3, -0.25) is 9.59 Å². The fraction of sp³-hybridized carbons (Fsp3) is 0.300. The Hall–Kier alpha value is -2.60. The summed E-state index contributed by atoms with van der Waals surface area (Å²) in [5.74, 6) is -0.571. The Bertz CT molecular complexity index is 796. The van der Waals surface area contributed by atoms with E-state index in [1.165, 1.54) is 24.1 Å². The van der Waals surface area contributed by atoms with Crippen LogP contribution in [0.25, 0.3) is 0 Å². The summed E-state index contributed by atoms with van der Waals surface area (Å²) < 4.78 is 18.6. The highest BCUT2D eigenvalue weighted by Gasteiger charge is 2.11. The molecule has 0 unspecified atom stereocenters. The highest BCUT2D eigenvalue weighted by atomic mass is 35.5. The molecule has 7 heteroatoms. The zero-order valence-corrected chi connectivity index (χ0v) is 16.1. The van der Waals surface area contributed by atoms with Gasteiger partial charge in [0.25, 0.3) is 5.91 Å². The Balaban J connectivity index is 1.74. The van der Waals surface area contributed by atoms with Crippen molar-refractivity contribution in [2.24, 2.45) is 0 Å². The van der Waals surface area contributed by atoms with Crippen LogP contribution in [0.5, 0.6) is 5.75 Å². The quantitative estimate of drug-likeness (QED) is 0.697. The molecular formula is C20H22ClFN2O3. The molecule has 0 spiro atoms. The van der Waals surface area contributed by atoms with Crippen LogP contribution in [0.15, 0.2) is 42.5 Å². The van der Waals surface area contributed by atoms with Gasteiger partial charge in [-0.15, -0.1) is 0 Å². The Morgan fingerprint density at radius 3 is 2.52 bits per heavy atom. The molecule has 0 atom stereocenters. The van der Waals surface area contributed by atoms with Crippen molar-refractivity contribution in [3.05, 3.63) is 64.4 Å². The largest absolute Gasteiger partial charge is 0.494 e. The van der Waals surface area contributed by atoms with Crippen molar-refractivity contribution in [1.82, 2.24) is 10.2 Å². The summed E-state index contributed by atoms with van der Waals surface area (Å²) >= 11 is 5.79. The molecule has 2 rings (SSSR count). The van der Waals surface area contributed by atoms with Crippen LogP contribution >= 0.6 is 11.6 Å². The Morgan fingerprint density at radius 2 is 1.89 bits per heavy atom. The van der Waals surface area contributed by atoms with Crippen LogP contribution < -0.4 is 10.1 Å². The second-order valence-corrected chi connectivity index (χ2v) is 6.52. The Labute approximate surface area is 163 Å². The molecule has 0 radical (unpaired) electrons. The lowest BCUT2D eigenvalue weighted by Gasteiger charge is -2.17. The molecule has 0 bridgehead atoms. The van der Waals surface area contributed by atoms with E-state index >= 15 is 0 Å². The smallest absolute Gasteiger partial charge is 0.251 e. The molecule has 2 amide bonds. The first-order chi connectivity index (χ1) is 12.9. The lowest BCUT2D eigenvalue weighted by Crippen LogP contribution is -2.28. The molecule has 144 valence electrons. The van der Waals surface area contributed by atoms with E-state index in [2.05, 4.69) is 5.32 Å². The minimum Gasteiger partial charge on any atom is -0.494 e. The van der Waals surface area contributed by atoms with Crippen molar-refractivity contribution < 1.29 is 18.7 Å². The third kappa shape index (κ3) is 6.25. The topological polar surface area (TPSA) is 58.6 Å². The van der Waals surface area contributed by atoms with Crippen LogP contribution in [0.4, 0.5) is 4.39 Å². The molecule has 0 saturated heterocycles. The third-order valence-corrected chi connectivity index (χ3v) is 4.27. The van der Waals surface area contributed by atoms with Gasteiger partial charge < -0.3 is 15.0 Å². The van der Waals surface area contributed by atoms with E-state index in [4.69, 9.17) is 16.3 Å². The fourth-order valence-electron chi connectivity index (χ4n) is 2.51. The monoisotopic (exact) mass is 392 g/mol. The summed E-state index contributed by atoms with van der Waals surface area (Å²) in [5, 5.41) is 3.33. The van der Waals surface area contributed by atoms with Crippen molar-refractivity contribution >= 4 is 23.4 Å². The molecule has 2 aromatic carbocycles. The minimum atomic E-state index is -0.458. The highest BCUT2D eigenvalue weighted by Crippen LogP contribution is 2.18. The second-order valence-electron chi connectivity index (χ2n) is 6.09. The van der Waals surface area contributed by atoms with Crippen molar-refractivity contribution in [2.45, 2.75) is 19.4 Å². The molecule has 5 nitrogen and oxygen atoms in total. The molecule has 1 N–H and O–H groups in total. The number of hydrogen-bond donors (Lipinski definition) is 1. The van der Waals surface area contributed by atoms with Crippen molar-refractivity contribution in [2.75, 3.05) is 20.7 Å². The van der Waals surface area contributed by atoms with Crippen molar-refractivity contribution in [3.8, 4) is 5.75 Å². The van der Waals surface area contributed by atoms with Crippen molar-refractivity contribution in [3.63, 3.8) is 0 Å². The van der Waals surface area contributed by atoms with Gasteiger partial charge in [0.1, 0.15) is 0 Å². The van der Waals surface area contributed by atoms with E-state index in [-0.39, 0.29) is 24.0 Å². The number of halogens is 2. The zero-order valence-electron chi connectivity index (χ0n) is 15.3. The van der Waals surface area contributed by atoms with E-state index in [0.29, 0.717) is 35.7 Å². The highest BCUT2D eigenvalue weighted by molar-refractivity contribution is 6.30. The molecule has 0 aliphatic heterocycles. The molecule has 2 aromatic rings. The van der Waals surface area contributed by atoms with Gasteiger partial charge in [-0.1, -0.05) is 17.7 Å². The number of methoxy groups -OCH3 is 1. The van der Waals surface area contributed by atoms with E-state index in [9.17, 15) is 14.0 Å². The molecule has 0 aromatic heterocycles. The number of rotatable bonds is 8. The lowest BCUT2D eigenvalue weighted by atomic mass is 10.2. The number of hydrogen-bond acceptors (Lipinski definition) is 3. The summed E-state index contributed by atoms with van der Waals surface area (Å²) in [5.41, 5.74) is 1.20. The van der Waals surface area contributed by atoms with Gasteiger partial charge in [0, 0.05) is 37.1 Å². The van der Waals surface area contributed by atoms with E-state index < -0.39 is 5.82 Å². The number of nitrogens with one attached hydrogen (secondary N) is 1. The van der Waals surface area contributed by atoms with Gasteiger partial charge in [0.15, 0.2) is 11.6 Å². The number of carbonyl (C=O) groups excluding carboxylic acids is 2. The maximum absolute atomic E-state index is 13.7. The van der Waals surface area contributed by atoms with Crippen LogP contribution in [0, 0.1) is 5.82 Å². The predicted octanol–water partition coefficient (Wildman–Crippen LogP) is 3.66. The molecule has 27 heavy (non-hydrogen) atoms. The van der Waals surface area contributed by atoms with E-state index in [1.54, 1.807) is 37.4 Å². The van der Waals surface area contributed by atoms with Gasteiger partial charge >= 0.3 is 0 Å². The van der Waals surface area contributed by atoms with Gasteiger partial charge in [-0.25, -0.2) is 4.39 Å². The molecule has 0 saturated carbocycles. The molecule has 0 aliphatic rings. The molecule has 0 aliphatic carbocycles. The summed E-state index contributed by atoms with van der Waals surface area (Å²) in [6.07, 6.45) is 0.801. The Morgan fingerprint density at radius 1 is 1.19 bits per heavy atom. The van der Waals surface area contributed by atoms with Crippen LogP contribution in [0.3, 0.4) is 0 Å². The van der Waals surface area contributed by atoms with Gasteiger partial charge in [0.05, 0.1) is 7.11 Å². The van der Waals surface area contributed by atoms with Gasteiger partial charge in [-0.2, -0.15) is 0 Å². The molecule has 0 heterocycles. The maximum Gasteiger partial charge on any atom is 0.251 e. The van der Waals surface area contributed by atoms with E-state index in [0.717, 1.165) is 0 Å². The first-order valence-electron chi connectivity index (χ1n) is 8.51. The predicted molar refractivity (Wildman–Crippen MR) is 102 cm³/mol. The minimum absolute atomic E-state index is 0.0769. The summed E-state index contributed by atoms with van der Waals surface area (Å²) in [4.78, 5) is 25.7. The maximum atomic E-state index is 13.7. The summed E-state index contributed by atoms with van der Waals surface area (Å²) in [6, 6.07) is 11.2. The average molecular weight is 393 g/mol. The first-order valence-corrected chi connectivity index (χ1v) is 8.88. The van der Waals surface area contributed by atoms with Crippen LogP contribution in [-0.4, -0.2) is 37.4 Å². The summed E-state index contributed by atoms with van der Waals surface area (Å²) in [6.45, 7) is 0.690. The second kappa shape index (κ2) is 9.92. The van der Waals surface area contributed by atoms with Crippen LogP contribution in [0.1, 0.15) is 28.8 Å². The molecular weight excluding hydrogens is 371 g/mol. The summed E-state index contributed by atoms with van der Waals surface area (Å²) in [7, 11) is 3.07. The first kappa shape index (κ1) is 20.7. The SMILES string of the molecule is COc1ccc(CN(C)C(=O)CCCNC(=O)c2ccc(Cl)cc2)cc1F. The standard InChI is InChI=1S/C20H22ClFN2O3/c1-24(13-14-5-10-18(27-2)17(22)12-14)19(25)4-3-11-23-20(26)15-6-8-16(21)9-7-15/h5-10,12H,3-4,11,13H2,1-2H3,(H,23,26). The number of amides is 2. The normalized spacial score (nSPS) is 10.4. The fourth-order valence-corrected chi connectivity index (χ4v) is 2.63. The number of nitrogens with zero attached hydrogens (tertiary/aromatic N) is 1. The van der Waals surface area contributed by atoms with Gasteiger partial charge in [-0.05, 0) is 48.4 Å². The lowest BCUT2D eigenvalue weighted by molar-refractivity contribution is -0.130. The van der Waals surface area contributed by atoms with Gasteiger partial charge in [0.2, 0.25) is 5.91 Å². The number of carbonyl (C=O) groups is 2. The van der Waals surface area contributed by atoms with Crippen LogP contribution in [0.2, 0.25) is 5.02 Å².